The van der Waals surface area contributed by atoms with Crippen LogP contribution in [0.4, 0.5) is 0 Å². The molecule has 0 radical (unpaired) electrons. The first kappa shape index (κ1) is 12.2. The smallest absolute Gasteiger partial charge is 0.00119 e. The van der Waals surface area contributed by atoms with E-state index in [9.17, 15) is 0 Å². The van der Waals surface area contributed by atoms with Crippen molar-refractivity contribution in [1.82, 2.24) is 5.32 Å². The Bertz CT molecular complexity index is 386. The quantitative estimate of drug-likeness (QED) is 0.836. The molecule has 0 aromatic heterocycles. The van der Waals surface area contributed by atoms with E-state index in [1.54, 1.807) is 0 Å². The van der Waals surface area contributed by atoms with E-state index < -0.39 is 0 Å². The van der Waals surface area contributed by atoms with Crippen LogP contribution in [-0.4, -0.2) is 13.1 Å². The molecule has 1 heteroatoms. The fraction of sp³-hybridized carbons (Fsp3) is 0.647. The van der Waals surface area contributed by atoms with Gasteiger partial charge in [-0.1, -0.05) is 50.1 Å². The summed E-state index contributed by atoms with van der Waals surface area (Å²) in [5, 5.41) is 3.63. The van der Waals surface area contributed by atoms with Gasteiger partial charge in [0.05, 0.1) is 0 Å². The maximum absolute atomic E-state index is 3.63. The van der Waals surface area contributed by atoms with Gasteiger partial charge in [-0.15, -0.1) is 0 Å². The van der Waals surface area contributed by atoms with E-state index >= 15 is 0 Å². The van der Waals surface area contributed by atoms with Crippen LogP contribution in [0.15, 0.2) is 30.3 Å². The zero-order valence-corrected chi connectivity index (χ0v) is 11.5. The normalized spacial score (nSPS) is 36.1. The lowest BCUT2D eigenvalue weighted by Gasteiger charge is -2.45. The van der Waals surface area contributed by atoms with E-state index in [1.807, 2.05) is 0 Å². The summed E-state index contributed by atoms with van der Waals surface area (Å²) in [6.45, 7) is 4.95. The number of hydrogen-bond acceptors (Lipinski definition) is 1. The lowest BCUT2D eigenvalue weighted by molar-refractivity contribution is 0.0680. The molecule has 2 fully saturated rings. The van der Waals surface area contributed by atoms with Crippen molar-refractivity contribution in [1.29, 1.82) is 0 Å². The van der Waals surface area contributed by atoms with Gasteiger partial charge in [-0.3, -0.25) is 0 Å². The molecule has 1 heterocycles. The van der Waals surface area contributed by atoms with Gasteiger partial charge in [0, 0.05) is 0 Å². The largest absolute Gasteiger partial charge is 0.316 e. The highest BCUT2D eigenvalue weighted by Gasteiger charge is 2.46. The number of hydrogen-bond donors (Lipinski definition) is 1. The number of rotatable bonds is 2. The zero-order valence-electron chi connectivity index (χ0n) is 11.5. The minimum atomic E-state index is 0.640. The maximum Gasteiger partial charge on any atom is -0.00119 e. The van der Waals surface area contributed by atoms with Crippen molar-refractivity contribution in [2.75, 3.05) is 13.1 Å². The molecule has 3 unspecified atom stereocenters. The fourth-order valence-electron chi connectivity index (χ4n) is 4.43. The van der Waals surface area contributed by atoms with E-state index in [0.29, 0.717) is 5.41 Å². The molecule has 1 aliphatic carbocycles. The van der Waals surface area contributed by atoms with Crippen LogP contribution in [0.5, 0.6) is 0 Å². The molecular weight excluding hydrogens is 218 g/mol. The van der Waals surface area contributed by atoms with Gasteiger partial charge >= 0.3 is 0 Å². The van der Waals surface area contributed by atoms with Crippen LogP contribution in [0, 0.1) is 17.3 Å². The number of benzene rings is 1. The maximum atomic E-state index is 3.63. The summed E-state index contributed by atoms with van der Waals surface area (Å²) >= 11 is 0. The van der Waals surface area contributed by atoms with Gasteiger partial charge in [0.1, 0.15) is 0 Å². The van der Waals surface area contributed by atoms with Crippen LogP contribution in [0.2, 0.25) is 0 Å². The second-order valence-corrected chi connectivity index (χ2v) is 6.37. The molecule has 1 N–H and O–H groups in total. The number of nitrogens with one attached hydrogen (secondary N) is 1. The summed E-state index contributed by atoms with van der Waals surface area (Å²) in [6, 6.07) is 11.1. The number of piperidine rings is 1. The van der Waals surface area contributed by atoms with Crippen LogP contribution in [0.1, 0.15) is 38.2 Å². The Kier molecular flexibility index (Phi) is 3.43. The molecule has 1 saturated carbocycles. The summed E-state index contributed by atoms with van der Waals surface area (Å²) in [4.78, 5) is 0. The van der Waals surface area contributed by atoms with Gasteiger partial charge in [-0.05, 0) is 55.2 Å². The van der Waals surface area contributed by atoms with Gasteiger partial charge < -0.3 is 5.32 Å². The van der Waals surface area contributed by atoms with E-state index in [-0.39, 0.29) is 0 Å². The third-order valence-electron chi connectivity index (χ3n) is 5.56. The molecule has 1 saturated heterocycles. The highest BCUT2D eigenvalue weighted by molar-refractivity contribution is 5.17. The minimum absolute atomic E-state index is 0.640. The molecule has 1 aromatic carbocycles. The summed E-state index contributed by atoms with van der Waals surface area (Å²) in [6.07, 6.45) is 7.02. The van der Waals surface area contributed by atoms with Crippen molar-refractivity contribution in [2.45, 2.75) is 39.0 Å². The molecule has 0 amide bonds. The van der Waals surface area contributed by atoms with Crippen LogP contribution < -0.4 is 5.32 Å². The van der Waals surface area contributed by atoms with Crippen molar-refractivity contribution in [3.8, 4) is 0 Å². The lowest BCUT2D eigenvalue weighted by atomic mass is 9.63. The molecule has 98 valence electrons. The van der Waals surface area contributed by atoms with Crippen molar-refractivity contribution >= 4 is 0 Å². The second-order valence-electron chi connectivity index (χ2n) is 6.37. The molecule has 0 bridgehead atoms. The Morgan fingerprint density at radius 3 is 2.78 bits per heavy atom. The van der Waals surface area contributed by atoms with Crippen molar-refractivity contribution in [3.63, 3.8) is 0 Å². The van der Waals surface area contributed by atoms with Gasteiger partial charge in [0.15, 0.2) is 0 Å². The molecule has 3 atom stereocenters. The van der Waals surface area contributed by atoms with Crippen LogP contribution >= 0.6 is 0 Å². The first-order valence-electron chi connectivity index (χ1n) is 7.56. The van der Waals surface area contributed by atoms with E-state index in [0.717, 1.165) is 11.8 Å². The molecule has 3 rings (SSSR count). The molecule has 1 nitrogen and oxygen atoms in total. The predicted molar refractivity (Wildman–Crippen MR) is 76.6 cm³/mol. The van der Waals surface area contributed by atoms with Crippen LogP contribution in [0.3, 0.4) is 0 Å². The molecule has 18 heavy (non-hydrogen) atoms. The molecular formula is C17H25N. The molecule has 1 aromatic rings. The van der Waals surface area contributed by atoms with Crippen molar-refractivity contribution in [3.05, 3.63) is 35.9 Å². The lowest BCUT2D eigenvalue weighted by Crippen LogP contribution is -2.47. The second kappa shape index (κ2) is 5.05. The molecule has 2 aliphatic rings. The first-order valence-corrected chi connectivity index (χ1v) is 7.56. The third kappa shape index (κ3) is 2.09. The van der Waals surface area contributed by atoms with Crippen LogP contribution in [0.25, 0.3) is 0 Å². The van der Waals surface area contributed by atoms with Gasteiger partial charge in [0.2, 0.25) is 0 Å². The minimum Gasteiger partial charge on any atom is -0.316 e. The topological polar surface area (TPSA) is 12.0 Å². The Hall–Kier alpha value is -0.820. The monoisotopic (exact) mass is 243 g/mol. The van der Waals surface area contributed by atoms with E-state index in [4.69, 9.17) is 0 Å². The highest BCUT2D eigenvalue weighted by Crippen LogP contribution is 2.52. The van der Waals surface area contributed by atoms with E-state index in [1.165, 1.54) is 50.8 Å². The Balaban J connectivity index is 1.80. The van der Waals surface area contributed by atoms with Crippen molar-refractivity contribution in [2.24, 2.45) is 17.3 Å². The Morgan fingerprint density at radius 2 is 2.06 bits per heavy atom. The highest BCUT2D eigenvalue weighted by atomic mass is 14.9. The van der Waals surface area contributed by atoms with Gasteiger partial charge in [0.25, 0.3) is 0 Å². The van der Waals surface area contributed by atoms with Crippen LogP contribution in [-0.2, 0) is 6.42 Å². The summed E-state index contributed by atoms with van der Waals surface area (Å²) in [7, 11) is 0. The SMILES string of the molecule is CC1CCCC12CCNCC2Cc1ccccc1. The molecule has 1 spiro atoms. The summed E-state index contributed by atoms with van der Waals surface area (Å²) in [5.74, 6) is 1.76. The first-order chi connectivity index (χ1) is 8.81. The summed E-state index contributed by atoms with van der Waals surface area (Å²) in [5.41, 5.74) is 2.16. The summed E-state index contributed by atoms with van der Waals surface area (Å²) < 4.78 is 0. The Morgan fingerprint density at radius 1 is 1.22 bits per heavy atom. The molecule has 1 aliphatic heterocycles. The van der Waals surface area contributed by atoms with Gasteiger partial charge in [-0.2, -0.15) is 0 Å². The zero-order chi connectivity index (χ0) is 12.4. The third-order valence-corrected chi connectivity index (χ3v) is 5.56. The van der Waals surface area contributed by atoms with Crippen molar-refractivity contribution < 1.29 is 0 Å². The standard InChI is InChI=1S/C17H25N/c1-14-6-5-9-17(14)10-11-18-13-16(17)12-15-7-3-2-4-8-15/h2-4,7-8,14,16,18H,5-6,9-13H2,1H3. The fourth-order valence-corrected chi connectivity index (χ4v) is 4.43. The average Bonchev–Trinajstić information content (AvgIpc) is 2.76. The van der Waals surface area contributed by atoms with Gasteiger partial charge in [-0.25, -0.2) is 0 Å². The Labute approximate surface area is 111 Å². The van der Waals surface area contributed by atoms with E-state index in [2.05, 4.69) is 42.6 Å². The predicted octanol–water partition coefficient (Wildman–Crippen LogP) is 3.65. The average molecular weight is 243 g/mol.